The Labute approximate surface area is 97.1 Å². The van der Waals surface area contributed by atoms with E-state index >= 15 is 0 Å². The summed E-state index contributed by atoms with van der Waals surface area (Å²) in [7, 11) is -3.75. The molecule has 0 amide bonds. The third-order valence-electron chi connectivity index (χ3n) is 1.77. The van der Waals surface area contributed by atoms with Crippen molar-refractivity contribution in [2.24, 2.45) is 5.14 Å². The smallest absolute Gasteiger partial charge is 0.271 e. The van der Waals surface area contributed by atoms with Gasteiger partial charge >= 0.3 is 0 Å². The van der Waals surface area contributed by atoms with Gasteiger partial charge in [0.05, 0.1) is 11.2 Å². The fourth-order valence-corrected chi connectivity index (χ4v) is 2.42. The Kier molecular flexibility index (Phi) is 2.99. The molecular formula is C9H9N3O2S2. The van der Waals surface area contributed by atoms with E-state index in [9.17, 15) is 8.42 Å². The zero-order valence-corrected chi connectivity index (χ0v) is 9.75. The summed E-state index contributed by atoms with van der Waals surface area (Å²) in [6, 6.07) is 9.55. The van der Waals surface area contributed by atoms with Gasteiger partial charge in [-0.15, -0.1) is 0 Å². The molecular weight excluding hydrogens is 246 g/mol. The summed E-state index contributed by atoms with van der Waals surface area (Å²) < 4.78 is 21.9. The minimum Gasteiger partial charge on any atom is -0.323 e. The molecule has 1 aromatic heterocycles. The number of nitrogens with one attached hydrogen (secondary N) is 1. The second-order valence-electron chi connectivity index (χ2n) is 3.01. The van der Waals surface area contributed by atoms with Crippen LogP contribution >= 0.6 is 11.8 Å². The van der Waals surface area contributed by atoms with Crippen LogP contribution in [0.2, 0.25) is 0 Å². The van der Waals surface area contributed by atoms with Crippen molar-refractivity contribution >= 4 is 21.8 Å². The molecule has 2 aromatic rings. The predicted octanol–water partition coefficient (Wildman–Crippen LogP) is 1.21. The number of H-pyrrole nitrogens is 1. The maximum absolute atomic E-state index is 11.0. The number of primary sulfonamides is 1. The monoisotopic (exact) mass is 255 g/mol. The first-order valence-electron chi connectivity index (χ1n) is 4.36. The Morgan fingerprint density at radius 3 is 2.50 bits per heavy atom. The highest BCUT2D eigenvalue weighted by Crippen LogP contribution is 2.25. The molecule has 7 heteroatoms. The van der Waals surface area contributed by atoms with Crippen LogP contribution in [0, 0.1) is 0 Å². The summed E-state index contributed by atoms with van der Waals surface area (Å²) in [6.07, 6.45) is 1.44. The number of nitrogens with zero attached hydrogens (tertiary/aromatic N) is 1. The van der Waals surface area contributed by atoms with E-state index in [0.29, 0.717) is 5.03 Å². The summed E-state index contributed by atoms with van der Waals surface area (Å²) in [5.41, 5.74) is 0. The molecule has 16 heavy (non-hydrogen) atoms. The number of benzene rings is 1. The van der Waals surface area contributed by atoms with E-state index in [4.69, 9.17) is 5.14 Å². The molecule has 0 bridgehead atoms. The number of hydrogen-bond donors (Lipinski definition) is 2. The van der Waals surface area contributed by atoms with E-state index in [0.717, 1.165) is 4.90 Å². The summed E-state index contributed by atoms with van der Waals surface area (Å²) >= 11 is 1.39. The van der Waals surface area contributed by atoms with Gasteiger partial charge in [0.25, 0.3) is 10.0 Å². The van der Waals surface area contributed by atoms with Crippen molar-refractivity contribution < 1.29 is 8.42 Å². The number of nitrogens with two attached hydrogens (primary N) is 1. The maximum Gasteiger partial charge on any atom is 0.271 e. The van der Waals surface area contributed by atoms with Crippen LogP contribution in [0.4, 0.5) is 0 Å². The third-order valence-corrected chi connectivity index (χ3v) is 3.45. The van der Waals surface area contributed by atoms with Crippen molar-refractivity contribution in [3.05, 3.63) is 36.5 Å². The Morgan fingerprint density at radius 1 is 1.25 bits per heavy atom. The second kappa shape index (κ2) is 4.28. The first-order chi connectivity index (χ1) is 7.55. The van der Waals surface area contributed by atoms with Crippen LogP contribution in [-0.2, 0) is 10.0 Å². The number of sulfonamides is 1. The quantitative estimate of drug-likeness (QED) is 0.862. The Morgan fingerprint density at radius 2 is 1.94 bits per heavy atom. The average molecular weight is 255 g/mol. The molecule has 3 N–H and O–H groups in total. The standard InChI is InChI=1S/C9H9N3O2S2/c10-16(13,14)9-11-6-8(12-9)15-7-4-2-1-3-5-7/h1-6H,(H,11,12)(H2,10,13,14). The molecule has 0 atom stereocenters. The molecule has 5 nitrogen and oxygen atoms in total. The lowest BCUT2D eigenvalue weighted by Crippen LogP contribution is -2.13. The molecule has 0 aliphatic carbocycles. The fourth-order valence-electron chi connectivity index (χ4n) is 1.10. The van der Waals surface area contributed by atoms with Gasteiger partial charge < -0.3 is 4.98 Å². The van der Waals surface area contributed by atoms with Crippen LogP contribution in [0.25, 0.3) is 0 Å². The number of aromatic amines is 1. The summed E-state index contributed by atoms with van der Waals surface area (Å²) in [6.45, 7) is 0. The number of hydrogen-bond acceptors (Lipinski definition) is 4. The molecule has 84 valence electrons. The van der Waals surface area contributed by atoms with Gasteiger partial charge in [-0.3, -0.25) is 0 Å². The van der Waals surface area contributed by atoms with Gasteiger partial charge in [-0.05, 0) is 12.1 Å². The Bertz CT molecular complexity index is 578. The van der Waals surface area contributed by atoms with Gasteiger partial charge in [-0.2, -0.15) is 0 Å². The first kappa shape index (κ1) is 11.2. The minimum atomic E-state index is -3.75. The van der Waals surface area contributed by atoms with E-state index in [-0.39, 0.29) is 5.16 Å². The Balaban J connectivity index is 2.22. The molecule has 1 aromatic carbocycles. The molecule has 0 radical (unpaired) electrons. The zero-order valence-electron chi connectivity index (χ0n) is 8.12. The molecule has 0 unspecified atom stereocenters. The van der Waals surface area contributed by atoms with Crippen LogP contribution in [-0.4, -0.2) is 18.4 Å². The molecule has 0 saturated heterocycles. The summed E-state index contributed by atoms with van der Waals surface area (Å²) in [5.74, 6) is 0. The van der Waals surface area contributed by atoms with Crippen molar-refractivity contribution in [3.63, 3.8) is 0 Å². The van der Waals surface area contributed by atoms with Crippen molar-refractivity contribution in [3.8, 4) is 0 Å². The molecule has 0 aliphatic rings. The molecule has 0 spiro atoms. The van der Waals surface area contributed by atoms with Crippen LogP contribution in [0.5, 0.6) is 0 Å². The van der Waals surface area contributed by atoms with E-state index in [1.54, 1.807) is 0 Å². The van der Waals surface area contributed by atoms with E-state index < -0.39 is 10.0 Å². The Hall–Kier alpha value is -1.31. The van der Waals surface area contributed by atoms with E-state index in [1.165, 1.54) is 18.0 Å². The van der Waals surface area contributed by atoms with Gasteiger partial charge in [0.15, 0.2) is 0 Å². The maximum atomic E-state index is 11.0. The zero-order chi connectivity index (χ0) is 11.6. The van der Waals surface area contributed by atoms with E-state index in [1.807, 2.05) is 30.3 Å². The van der Waals surface area contributed by atoms with Crippen molar-refractivity contribution in [2.45, 2.75) is 15.1 Å². The second-order valence-corrected chi connectivity index (χ2v) is 5.60. The normalized spacial score (nSPS) is 11.6. The van der Waals surface area contributed by atoms with Crippen molar-refractivity contribution in [2.75, 3.05) is 0 Å². The van der Waals surface area contributed by atoms with Gasteiger partial charge in [-0.1, -0.05) is 30.0 Å². The summed E-state index contributed by atoms with van der Waals surface area (Å²) in [5, 5.41) is 5.35. The lowest BCUT2D eigenvalue weighted by atomic mass is 10.4. The summed E-state index contributed by atoms with van der Waals surface area (Å²) in [4.78, 5) is 7.33. The van der Waals surface area contributed by atoms with Crippen molar-refractivity contribution in [1.82, 2.24) is 9.97 Å². The third kappa shape index (κ3) is 2.63. The topological polar surface area (TPSA) is 88.8 Å². The molecule has 0 aliphatic heterocycles. The lowest BCUT2D eigenvalue weighted by Gasteiger charge is -1.96. The van der Waals surface area contributed by atoms with E-state index in [2.05, 4.69) is 9.97 Å². The lowest BCUT2D eigenvalue weighted by molar-refractivity contribution is 0.590. The highest BCUT2D eigenvalue weighted by atomic mass is 32.2. The number of imidazole rings is 1. The number of aromatic nitrogens is 2. The van der Waals surface area contributed by atoms with Crippen LogP contribution < -0.4 is 5.14 Å². The average Bonchev–Trinajstić information content (AvgIpc) is 2.67. The van der Waals surface area contributed by atoms with Gasteiger partial charge in [0.2, 0.25) is 5.16 Å². The SMILES string of the molecule is NS(=O)(=O)c1ncc(Sc2ccccc2)[nH]1. The van der Waals surface area contributed by atoms with Gasteiger partial charge in [0, 0.05) is 4.90 Å². The van der Waals surface area contributed by atoms with Crippen LogP contribution in [0.15, 0.2) is 51.6 Å². The first-order valence-corrected chi connectivity index (χ1v) is 6.73. The van der Waals surface area contributed by atoms with Crippen molar-refractivity contribution in [1.29, 1.82) is 0 Å². The van der Waals surface area contributed by atoms with Crippen LogP contribution in [0.1, 0.15) is 0 Å². The van der Waals surface area contributed by atoms with Gasteiger partial charge in [-0.25, -0.2) is 18.5 Å². The van der Waals surface area contributed by atoms with Crippen LogP contribution in [0.3, 0.4) is 0 Å². The predicted molar refractivity (Wildman–Crippen MR) is 60.5 cm³/mol. The highest BCUT2D eigenvalue weighted by molar-refractivity contribution is 7.99. The molecule has 2 rings (SSSR count). The minimum absolute atomic E-state index is 0.217. The number of rotatable bonds is 3. The molecule has 1 heterocycles. The fraction of sp³-hybridized carbons (Fsp3) is 0. The largest absolute Gasteiger partial charge is 0.323 e. The molecule has 0 fully saturated rings. The van der Waals surface area contributed by atoms with Gasteiger partial charge in [0.1, 0.15) is 0 Å². The highest BCUT2D eigenvalue weighted by Gasteiger charge is 2.12. The molecule has 0 saturated carbocycles.